The first-order valence-corrected chi connectivity index (χ1v) is 5.91. The molecule has 100 valence electrons. The Hall–Kier alpha value is -2.37. The summed E-state index contributed by atoms with van der Waals surface area (Å²) < 4.78 is 11.5. The summed E-state index contributed by atoms with van der Waals surface area (Å²) in [6.07, 6.45) is 0. The second kappa shape index (κ2) is 5.51. The number of aromatic nitrogens is 3. The Kier molecular flexibility index (Phi) is 3.79. The van der Waals surface area contributed by atoms with Crippen LogP contribution in [0.4, 0.5) is 0 Å². The van der Waals surface area contributed by atoms with Crippen LogP contribution in [0, 0.1) is 6.92 Å². The predicted molar refractivity (Wildman–Crippen MR) is 68.6 cm³/mol. The van der Waals surface area contributed by atoms with Crippen LogP contribution < -0.4 is 4.74 Å². The van der Waals surface area contributed by atoms with Gasteiger partial charge in [0.2, 0.25) is 5.88 Å². The van der Waals surface area contributed by atoms with Gasteiger partial charge in [0, 0.05) is 6.07 Å². The van der Waals surface area contributed by atoms with Crippen LogP contribution in [0.1, 0.15) is 23.1 Å². The maximum Gasteiger partial charge on any atom is 0.357 e. The molecular formula is C13H15N3O3. The fourth-order valence-corrected chi connectivity index (χ4v) is 1.66. The van der Waals surface area contributed by atoms with E-state index in [-0.39, 0.29) is 0 Å². The van der Waals surface area contributed by atoms with Crippen LogP contribution in [0.2, 0.25) is 0 Å². The first-order valence-electron chi connectivity index (χ1n) is 5.91. The van der Waals surface area contributed by atoms with Crippen molar-refractivity contribution in [2.75, 3.05) is 13.7 Å². The number of carbonyl (C=O) groups is 1. The molecule has 0 saturated heterocycles. The zero-order valence-corrected chi connectivity index (χ0v) is 11.1. The topological polar surface area (TPSA) is 66.2 Å². The van der Waals surface area contributed by atoms with E-state index in [1.165, 1.54) is 11.8 Å². The highest BCUT2D eigenvalue weighted by Crippen LogP contribution is 2.15. The van der Waals surface area contributed by atoms with Crippen molar-refractivity contribution in [1.29, 1.82) is 0 Å². The van der Waals surface area contributed by atoms with E-state index in [0.717, 1.165) is 0 Å². The van der Waals surface area contributed by atoms with E-state index in [1.807, 2.05) is 0 Å². The SMILES string of the molecule is CCOC(=O)c1cc(C)nn1-c1cccc(OC)n1. The molecule has 0 amide bonds. The number of hydrogen-bond donors (Lipinski definition) is 0. The minimum absolute atomic E-state index is 0.314. The summed E-state index contributed by atoms with van der Waals surface area (Å²) in [5.41, 5.74) is 1.06. The summed E-state index contributed by atoms with van der Waals surface area (Å²) in [5, 5.41) is 4.26. The second-order valence-corrected chi connectivity index (χ2v) is 3.84. The van der Waals surface area contributed by atoms with Gasteiger partial charge >= 0.3 is 5.97 Å². The summed E-state index contributed by atoms with van der Waals surface area (Å²) in [5.74, 6) is 0.545. The average Bonchev–Trinajstić information content (AvgIpc) is 2.81. The van der Waals surface area contributed by atoms with Gasteiger partial charge in [-0.3, -0.25) is 0 Å². The summed E-state index contributed by atoms with van der Waals surface area (Å²) in [6, 6.07) is 6.92. The lowest BCUT2D eigenvalue weighted by Gasteiger charge is -2.07. The smallest absolute Gasteiger partial charge is 0.357 e. The van der Waals surface area contributed by atoms with E-state index in [4.69, 9.17) is 9.47 Å². The molecule has 0 saturated carbocycles. The lowest BCUT2D eigenvalue weighted by Crippen LogP contribution is -2.13. The predicted octanol–water partition coefficient (Wildman–Crippen LogP) is 1.76. The van der Waals surface area contributed by atoms with Gasteiger partial charge in [0.25, 0.3) is 0 Å². The quantitative estimate of drug-likeness (QED) is 0.784. The van der Waals surface area contributed by atoms with Crippen molar-refractivity contribution in [3.05, 3.63) is 35.7 Å². The minimum atomic E-state index is -0.423. The number of pyridine rings is 1. The Morgan fingerprint density at radius 1 is 1.42 bits per heavy atom. The lowest BCUT2D eigenvalue weighted by molar-refractivity contribution is 0.0515. The number of nitrogens with zero attached hydrogens (tertiary/aromatic N) is 3. The summed E-state index contributed by atoms with van der Waals surface area (Å²) in [7, 11) is 1.53. The molecule has 0 aliphatic heterocycles. The van der Waals surface area contributed by atoms with Crippen molar-refractivity contribution in [2.24, 2.45) is 0 Å². The summed E-state index contributed by atoms with van der Waals surface area (Å²) >= 11 is 0. The van der Waals surface area contributed by atoms with Crippen molar-refractivity contribution >= 4 is 5.97 Å². The number of methoxy groups -OCH3 is 1. The van der Waals surface area contributed by atoms with Gasteiger partial charge in [-0.25, -0.2) is 9.48 Å². The molecule has 0 fully saturated rings. The number of rotatable bonds is 4. The third-order valence-electron chi connectivity index (χ3n) is 2.45. The number of esters is 1. The Labute approximate surface area is 111 Å². The fraction of sp³-hybridized carbons (Fsp3) is 0.308. The molecule has 0 spiro atoms. The molecule has 0 atom stereocenters. The van der Waals surface area contributed by atoms with Gasteiger partial charge in [-0.1, -0.05) is 6.07 Å². The summed E-state index contributed by atoms with van der Waals surface area (Å²) in [4.78, 5) is 16.1. The van der Waals surface area contributed by atoms with Gasteiger partial charge in [0.05, 0.1) is 19.4 Å². The highest BCUT2D eigenvalue weighted by Gasteiger charge is 2.17. The highest BCUT2D eigenvalue weighted by atomic mass is 16.5. The third kappa shape index (κ3) is 2.73. The van der Waals surface area contributed by atoms with Gasteiger partial charge in [0.15, 0.2) is 11.5 Å². The molecule has 0 aliphatic carbocycles. The van der Waals surface area contributed by atoms with Crippen molar-refractivity contribution < 1.29 is 14.3 Å². The van der Waals surface area contributed by atoms with E-state index >= 15 is 0 Å². The van der Waals surface area contributed by atoms with E-state index in [1.54, 1.807) is 38.1 Å². The first-order chi connectivity index (χ1) is 9.15. The Morgan fingerprint density at radius 2 is 2.21 bits per heavy atom. The zero-order chi connectivity index (χ0) is 13.8. The van der Waals surface area contributed by atoms with E-state index in [0.29, 0.717) is 29.7 Å². The van der Waals surface area contributed by atoms with Crippen molar-refractivity contribution in [1.82, 2.24) is 14.8 Å². The standard InChI is InChI=1S/C13H15N3O3/c1-4-19-13(17)10-8-9(2)15-16(10)11-6-5-7-12(14-11)18-3/h5-8H,4H2,1-3H3. The zero-order valence-electron chi connectivity index (χ0n) is 11.1. The first kappa shape index (κ1) is 13.1. The van der Waals surface area contributed by atoms with Crippen LogP contribution in [0.3, 0.4) is 0 Å². The van der Waals surface area contributed by atoms with Gasteiger partial charge in [0.1, 0.15) is 0 Å². The number of carbonyl (C=O) groups excluding carboxylic acids is 1. The molecule has 2 aromatic rings. The van der Waals surface area contributed by atoms with Crippen molar-refractivity contribution in [3.63, 3.8) is 0 Å². The molecule has 2 heterocycles. The van der Waals surface area contributed by atoms with Crippen LogP contribution in [-0.4, -0.2) is 34.5 Å². The average molecular weight is 261 g/mol. The van der Waals surface area contributed by atoms with Crippen molar-refractivity contribution in [2.45, 2.75) is 13.8 Å². The van der Waals surface area contributed by atoms with Crippen LogP contribution in [0.5, 0.6) is 5.88 Å². The third-order valence-corrected chi connectivity index (χ3v) is 2.45. The second-order valence-electron chi connectivity index (χ2n) is 3.84. The van der Waals surface area contributed by atoms with Crippen LogP contribution >= 0.6 is 0 Å². The number of hydrogen-bond acceptors (Lipinski definition) is 5. The molecular weight excluding hydrogens is 246 g/mol. The van der Waals surface area contributed by atoms with E-state index in [9.17, 15) is 4.79 Å². The maximum atomic E-state index is 11.9. The molecule has 6 nitrogen and oxygen atoms in total. The summed E-state index contributed by atoms with van der Waals surface area (Å²) in [6.45, 7) is 3.88. The molecule has 0 bridgehead atoms. The van der Waals surface area contributed by atoms with Crippen LogP contribution in [0.25, 0.3) is 5.82 Å². The highest BCUT2D eigenvalue weighted by molar-refractivity contribution is 5.88. The Balaban J connectivity index is 2.46. The molecule has 6 heteroatoms. The maximum absolute atomic E-state index is 11.9. The number of aryl methyl sites for hydroxylation is 1. The van der Waals surface area contributed by atoms with Crippen molar-refractivity contribution in [3.8, 4) is 11.7 Å². The van der Waals surface area contributed by atoms with Gasteiger partial charge in [-0.2, -0.15) is 10.1 Å². The molecule has 0 unspecified atom stereocenters. The normalized spacial score (nSPS) is 10.3. The molecule has 0 N–H and O–H groups in total. The molecule has 2 aromatic heterocycles. The van der Waals surface area contributed by atoms with Gasteiger partial charge in [-0.05, 0) is 26.0 Å². The van der Waals surface area contributed by atoms with Crippen LogP contribution in [-0.2, 0) is 4.74 Å². The Morgan fingerprint density at radius 3 is 2.89 bits per heavy atom. The fourth-order valence-electron chi connectivity index (χ4n) is 1.66. The lowest BCUT2D eigenvalue weighted by atomic mass is 10.3. The van der Waals surface area contributed by atoms with Gasteiger partial charge in [-0.15, -0.1) is 0 Å². The molecule has 0 aliphatic rings. The molecule has 0 aromatic carbocycles. The largest absolute Gasteiger partial charge is 0.481 e. The monoisotopic (exact) mass is 261 g/mol. The van der Waals surface area contributed by atoms with E-state index < -0.39 is 5.97 Å². The number of ether oxygens (including phenoxy) is 2. The van der Waals surface area contributed by atoms with E-state index in [2.05, 4.69) is 10.1 Å². The minimum Gasteiger partial charge on any atom is -0.481 e. The molecule has 2 rings (SSSR count). The Bertz CT molecular complexity index is 593. The van der Waals surface area contributed by atoms with Gasteiger partial charge < -0.3 is 9.47 Å². The molecule has 0 radical (unpaired) electrons. The molecule has 19 heavy (non-hydrogen) atoms. The van der Waals surface area contributed by atoms with Crippen LogP contribution in [0.15, 0.2) is 24.3 Å².